The number of carbonyl (C=O) groups excluding carboxylic acids is 1. The summed E-state index contributed by atoms with van der Waals surface area (Å²) in [5.74, 6) is -0.458. The second-order valence-corrected chi connectivity index (χ2v) is 5.94. The van der Waals surface area contributed by atoms with E-state index in [1.807, 2.05) is 19.9 Å². The minimum Gasteiger partial charge on any atom is -0.371 e. The van der Waals surface area contributed by atoms with Gasteiger partial charge >= 0.3 is 0 Å². The molecule has 0 radical (unpaired) electrons. The van der Waals surface area contributed by atoms with Gasteiger partial charge in [-0.05, 0) is 25.0 Å². The van der Waals surface area contributed by atoms with Crippen molar-refractivity contribution in [3.8, 4) is 0 Å². The van der Waals surface area contributed by atoms with Gasteiger partial charge in [-0.15, -0.1) is 0 Å². The van der Waals surface area contributed by atoms with Crippen LogP contribution in [0.25, 0.3) is 0 Å². The number of nitrogens with one attached hydrogen (secondary N) is 1. The number of nitrogens with two attached hydrogens (primary N) is 1. The predicted molar refractivity (Wildman–Crippen MR) is 82.5 cm³/mol. The molecule has 5 heteroatoms. The number of hydrogen-bond acceptors (Lipinski definition) is 3. The Bertz CT molecular complexity index is 496. The number of anilines is 1. The summed E-state index contributed by atoms with van der Waals surface area (Å²) in [5, 5.41) is 3.27. The van der Waals surface area contributed by atoms with Crippen molar-refractivity contribution >= 4 is 11.6 Å². The van der Waals surface area contributed by atoms with Crippen LogP contribution in [0.5, 0.6) is 0 Å². The molecule has 0 atom stereocenters. The molecular formula is C16H24FN3O. The Morgan fingerprint density at radius 1 is 1.43 bits per heavy atom. The van der Waals surface area contributed by atoms with E-state index in [0.29, 0.717) is 18.2 Å². The van der Waals surface area contributed by atoms with Crippen molar-refractivity contribution in [2.45, 2.75) is 39.3 Å². The van der Waals surface area contributed by atoms with Crippen molar-refractivity contribution in [3.05, 3.63) is 29.6 Å². The van der Waals surface area contributed by atoms with E-state index < -0.39 is 0 Å². The Labute approximate surface area is 125 Å². The SMILES string of the molecule is CC(C)NCc1c(F)cccc1N1CCC(C(N)=O)CC1. The smallest absolute Gasteiger partial charge is 0.220 e. The fourth-order valence-corrected chi connectivity index (χ4v) is 2.73. The normalized spacial score (nSPS) is 16.5. The zero-order valence-electron chi connectivity index (χ0n) is 12.7. The number of rotatable bonds is 5. The topological polar surface area (TPSA) is 58.4 Å². The van der Waals surface area contributed by atoms with E-state index >= 15 is 0 Å². The molecule has 1 fully saturated rings. The molecule has 2 rings (SSSR count). The fourth-order valence-electron chi connectivity index (χ4n) is 2.73. The van der Waals surface area contributed by atoms with Crippen LogP contribution in [0.2, 0.25) is 0 Å². The molecule has 0 aliphatic carbocycles. The van der Waals surface area contributed by atoms with E-state index in [1.165, 1.54) is 6.07 Å². The first-order chi connectivity index (χ1) is 9.99. The second kappa shape index (κ2) is 6.89. The number of carbonyl (C=O) groups is 1. The van der Waals surface area contributed by atoms with Gasteiger partial charge in [0.1, 0.15) is 5.82 Å². The number of hydrogen-bond donors (Lipinski definition) is 2. The van der Waals surface area contributed by atoms with Gasteiger partial charge in [0.2, 0.25) is 5.91 Å². The molecule has 1 heterocycles. The lowest BCUT2D eigenvalue weighted by molar-refractivity contribution is -0.122. The lowest BCUT2D eigenvalue weighted by Gasteiger charge is -2.34. The fraction of sp³-hybridized carbons (Fsp3) is 0.562. The highest BCUT2D eigenvalue weighted by Gasteiger charge is 2.25. The first kappa shape index (κ1) is 15.8. The van der Waals surface area contributed by atoms with Gasteiger partial charge in [-0.25, -0.2) is 4.39 Å². The maximum atomic E-state index is 14.1. The van der Waals surface area contributed by atoms with E-state index in [4.69, 9.17) is 5.73 Å². The number of nitrogens with zero attached hydrogens (tertiary/aromatic N) is 1. The number of primary amides is 1. The number of halogens is 1. The molecule has 1 aromatic carbocycles. The summed E-state index contributed by atoms with van der Waals surface area (Å²) in [6, 6.07) is 5.49. The van der Waals surface area contributed by atoms with Gasteiger partial charge < -0.3 is 16.0 Å². The third kappa shape index (κ3) is 3.94. The minimum absolute atomic E-state index is 0.0490. The highest BCUT2D eigenvalue weighted by atomic mass is 19.1. The van der Waals surface area contributed by atoms with Crippen molar-refractivity contribution in [3.63, 3.8) is 0 Å². The molecule has 116 valence electrons. The van der Waals surface area contributed by atoms with Crippen LogP contribution in [0.15, 0.2) is 18.2 Å². The van der Waals surface area contributed by atoms with Crippen LogP contribution in [0.3, 0.4) is 0 Å². The van der Waals surface area contributed by atoms with Crippen molar-refractivity contribution in [2.24, 2.45) is 11.7 Å². The van der Waals surface area contributed by atoms with Crippen LogP contribution in [0.4, 0.5) is 10.1 Å². The molecule has 0 aromatic heterocycles. The lowest BCUT2D eigenvalue weighted by atomic mass is 9.95. The third-order valence-electron chi connectivity index (χ3n) is 4.02. The largest absolute Gasteiger partial charge is 0.371 e. The molecule has 1 amide bonds. The van der Waals surface area contributed by atoms with Gasteiger partial charge in [0.15, 0.2) is 0 Å². The van der Waals surface area contributed by atoms with Crippen molar-refractivity contribution in [1.29, 1.82) is 0 Å². The zero-order valence-corrected chi connectivity index (χ0v) is 12.7. The van der Waals surface area contributed by atoms with Crippen LogP contribution in [-0.2, 0) is 11.3 Å². The Hall–Kier alpha value is -1.62. The van der Waals surface area contributed by atoms with E-state index in [2.05, 4.69) is 10.2 Å². The molecule has 21 heavy (non-hydrogen) atoms. The molecule has 0 spiro atoms. The van der Waals surface area contributed by atoms with E-state index in [-0.39, 0.29) is 17.6 Å². The zero-order chi connectivity index (χ0) is 15.4. The molecule has 1 aromatic rings. The quantitative estimate of drug-likeness (QED) is 0.873. The van der Waals surface area contributed by atoms with E-state index in [9.17, 15) is 9.18 Å². The summed E-state index contributed by atoms with van der Waals surface area (Å²) < 4.78 is 14.1. The Balaban J connectivity index is 2.12. The van der Waals surface area contributed by atoms with Crippen molar-refractivity contribution < 1.29 is 9.18 Å². The standard InChI is InChI=1S/C16H24FN3O/c1-11(2)19-10-13-14(17)4-3-5-15(13)20-8-6-12(7-9-20)16(18)21/h3-5,11-12,19H,6-10H2,1-2H3,(H2,18,21). The van der Waals surface area contributed by atoms with Gasteiger partial charge in [-0.3, -0.25) is 4.79 Å². The predicted octanol–water partition coefficient (Wildman–Crippen LogP) is 2.03. The van der Waals surface area contributed by atoms with Crippen molar-refractivity contribution in [1.82, 2.24) is 5.32 Å². The first-order valence-corrected chi connectivity index (χ1v) is 7.54. The van der Waals surface area contributed by atoms with Gasteiger partial charge in [0.05, 0.1) is 0 Å². The molecule has 1 aliphatic heterocycles. The lowest BCUT2D eigenvalue weighted by Crippen LogP contribution is -2.39. The number of benzene rings is 1. The molecule has 1 aliphatic rings. The molecule has 0 unspecified atom stereocenters. The summed E-state index contributed by atoms with van der Waals surface area (Å²) in [6.45, 7) is 6.07. The monoisotopic (exact) mass is 293 g/mol. The minimum atomic E-state index is -0.226. The van der Waals surface area contributed by atoms with Gasteiger partial charge in [-0.2, -0.15) is 0 Å². The molecular weight excluding hydrogens is 269 g/mol. The van der Waals surface area contributed by atoms with Crippen LogP contribution in [0, 0.1) is 11.7 Å². The second-order valence-electron chi connectivity index (χ2n) is 5.94. The summed E-state index contributed by atoms with van der Waals surface area (Å²) in [6.07, 6.45) is 1.48. The maximum absolute atomic E-state index is 14.1. The summed E-state index contributed by atoms with van der Waals surface area (Å²) >= 11 is 0. The first-order valence-electron chi connectivity index (χ1n) is 7.54. The average Bonchev–Trinajstić information content (AvgIpc) is 2.45. The van der Waals surface area contributed by atoms with Crippen LogP contribution in [-0.4, -0.2) is 25.0 Å². The van der Waals surface area contributed by atoms with Crippen LogP contribution >= 0.6 is 0 Å². The molecule has 3 N–H and O–H groups in total. The van der Waals surface area contributed by atoms with Gasteiger partial charge in [0, 0.05) is 42.8 Å². The highest BCUT2D eigenvalue weighted by Crippen LogP contribution is 2.28. The summed E-state index contributed by atoms with van der Waals surface area (Å²) in [4.78, 5) is 13.4. The molecule has 1 saturated heterocycles. The Kier molecular flexibility index (Phi) is 5.17. The summed E-state index contributed by atoms with van der Waals surface area (Å²) in [7, 11) is 0. The van der Waals surface area contributed by atoms with Gasteiger partial charge in [-0.1, -0.05) is 19.9 Å². The maximum Gasteiger partial charge on any atom is 0.220 e. The Morgan fingerprint density at radius 3 is 2.67 bits per heavy atom. The Morgan fingerprint density at radius 2 is 2.10 bits per heavy atom. The molecule has 4 nitrogen and oxygen atoms in total. The molecule has 0 bridgehead atoms. The van der Waals surface area contributed by atoms with Crippen LogP contribution < -0.4 is 16.0 Å². The number of amides is 1. The van der Waals surface area contributed by atoms with Crippen LogP contribution in [0.1, 0.15) is 32.3 Å². The number of piperidine rings is 1. The highest BCUT2D eigenvalue weighted by molar-refractivity contribution is 5.77. The van der Waals surface area contributed by atoms with Gasteiger partial charge in [0.25, 0.3) is 0 Å². The van der Waals surface area contributed by atoms with E-state index in [0.717, 1.165) is 31.6 Å². The average molecular weight is 293 g/mol. The van der Waals surface area contributed by atoms with Crippen molar-refractivity contribution in [2.75, 3.05) is 18.0 Å². The van der Waals surface area contributed by atoms with E-state index in [1.54, 1.807) is 6.07 Å². The summed E-state index contributed by atoms with van der Waals surface area (Å²) in [5.41, 5.74) is 6.98. The third-order valence-corrected chi connectivity index (χ3v) is 4.02. The molecule has 0 saturated carbocycles.